The molecule has 0 unspecified atom stereocenters. The fourth-order valence-corrected chi connectivity index (χ4v) is 3.35. The number of methoxy groups -OCH3 is 4. The number of hydrogen-bond donors (Lipinski definition) is 1. The highest BCUT2D eigenvalue weighted by Gasteiger charge is 2.27. The third-order valence-electron chi connectivity index (χ3n) is 5.13. The van der Waals surface area contributed by atoms with Crippen LogP contribution in [0, 0.1) is 24.7 Å². The number of terminal acetylenes is 2. The van der Waals surface area contributed by atoms with Gasteiger partial charge >= 0.3 is 11.9 Å². The maximum Gasteiger partial charge on any atom is 0.340 e. The van der Waals surface area contributed by atoms with E-state index < -0.39 is 23.7 Å². The number of rotatable bonds is 11. The van der Waals surface area contributed by atoms with Crippen LogP contribution in [-0.2, 0) is 14.3 Å². The number of carbonyl (C=O) groups excluding carboxylic acids is 4. The quantitative estimate of drug-likeness (QED) is 0.268. The van der Waals surface area contributed by atoms with E-state index in [0.717, 1.165) is 4.90 Å². The molecule has 0 aromatic heterocycles. The Morgan fingerprint density at radius 3 is 2.05 bits per heavy atom. The predicted octanol–water partition coefficient (Wildman–Crippen LogP) is 2.14. The summed E-state index contributed by atoms with van der Waals surface area (Å²) < 4.78 is 26.3. The summed E-state index contributed by atoms with van der Waals surface area (Å²) in [4.78, 5) is 50.5. The van der Waals surface area contributed by atoms with Crippen molar-refractivity contribution < 1.29 is 42.9 Å². The van der Waals surface area contributed by atoms with Gasteiger partial charge in [0.25, 0.3) is 11.8 Å². The molecule has 0 atom stereocenters. The van der Waals surface area contributed by atoms with Crippen molar-refractivity contribution in [1.29, 1.82) is 0 Å². The molecule has 11 nitrogen and oxygen atoms in total. The Morgan fingerprint density at radius 2 is 1.53 bits per heavy atom. The zero-order valence-corrected chi connectivity index (χ0v) is 21.3. The Hall–Kier alpha value is -5.16. The van der Waals surface area contributed by atoms with Crippen molar-refractivity contribution in [1.82, 2.24) is 4.90 Å². The van der Waals surface area contributed by atoms with Gasteiger partial charge in [-0.15, -0.1) is 12.8 Å². The Labute approximate surface area is 219 Å². The van der Waals surface area contributed by atoms with Gasteiger partial charge in [-0.05, 0) is 30.4 Å². The first-order valence-corrected chi connectivity index (χ1v) is 11.0. The molecule has 3 amide bonds. The third-order valence-corrected chi connectivity index (χ3v) is 5.13. The lowest BCUT2D eigenvalue weighted by atomic mass is 10.1. The zero-order valence-electron chi connectivity index (χ0n) is 21.3. The van der Waals surface area contributed by atoms with Gasteiger partial charge in [0.2, 0.25) is 0 Å². The smallest absolute Gasteiger partial charge is 0.340 e. The van der Waals surface area contributed by atoms with Crippen molar-refractivity contribution in [2.45, 2.75) is 6.42 Å². The molecule has 0 saturated heterocycles. The number of ether oxygens (including phenoxy) is 5. The summed E-state index contributed by atoms with van der Waals surface area (Å²) in [5, 5.41) is 2.39. The average Bonchev–Trinajstić information content (AvgIpc) is 2.95. The number of imide groups is 1. The van der Waals surface area contributed by atoms with Gasteiger partial charge in [-0.25, -0.2) is 4.79 Å². The molecule has 2 rings (SSSR count). The number of esters is 1. The van der Waals surface area contributed by atoms with Crippen LogP contribution >= 0.6 is 0 Å². The third kappa shape index (κ3) is 6.74. The van der Waals surface area contributed by atoms with E-state index in [4.69, 9.17) is 36.5 Å². The Kier molecular flexibility index (Phi) is 10.6. The van der Waals surface area contributed by atoms with Crippen LogP contribution in [0.25, 0.3) is 0 Å². The van der Waals surface area contributed by atoms with Gasteiger partial charge in [0, 0.05) is 18.7 Å². The summed E-state index contributed by atoms with van der Waals surface area (Å²) in [6, 6.07) is 7.40. The second-order valence-corrected chi connectivity index (χ2v) is 7.28. The van der Waals surface area contributed by atoms with Crippen molar-refractivity contribution in [2.75, 3.05) is 46.9 Å². The second-order valence-electron chi connectivity index (χ2n) is 7.28. The molecule has 0 spiro atoms. The SMILES string of the molecule is C#CC(=O)Nc1cc(OC)c(OCCCN(C(=O)C#C)C(=O)c2c(OC)cccc2OC)cc1C(=O)OC. The Bertz CT molecular complexity index is 1280. The van der Waals surface area contributed by atoms with E-state index in [0.29, 0.717) is 0 Å². The first-order valence-electron chi connectivity index (χ1n) is 11.0. The van der Waals surface area contributed by atoms with Crippen LogP contribution in [0.2, 0.25) is 0 Å². The van der Waals surface area contributed by atoms with E-state index in [1.165, 1.54) is 40.6 Å². The number of anilines is 1. The van der Waals surface area contributed by atoms with Gasteiger partial charge in [0.1, 0.15) is 17.1 Å². The highest BCUT2D eigenvalue weighted by atomic mass is 16.5. The van der Waals surface area contributed by atoms with Crippen molar-refractivity contribution in [3.63, 3.8) is 0 Å². The van der Waals surface area contributed by atoms with Gasteiger partial charge in [-0.2, -0.15) is 0 Å². The van der Waals surface area contributed by atoms with Gasteiger partial charge < -0.3 is 29.0 Å². The van der Waals surface area contributed by atoms with E-state index in [-0.39, 0.29) is 59.4 Å². The number of hydrogen-bond acceptors (Lipinski definition) is 9. The Balaban J connectivity index is 2.26. The van der Waals surface area contributed by atoms with Crippen molar-refractivity contribution in [3.8, 4) is 47.7 Å². The molecule has 1 N–H and O–H groups in total. The lowest BCUT2D eigenvalue weighted by Gasteiger charge is -2.21. The van der Waals surface area contributed by atoms with E-state index in [1.54, 1.807) is 18.2 Å². The number of carbonyl (C=O) groups is 4. The molecule has 2 aromatic rings. The zero-order chi connectivity index (χ0) is 28.2. The number of nitrogens with zero attached hydrogens (tertiary/aromatic N) is 1. The maximum absolute atomic E-state index is 13.3. The maximum atomic E-state index is 13.3. The lowest BCUT2D eigenvalue weighted by Crippen LogP contribution is -2.37. The average molecular weight is 523 g/mol. The fourth-order valence-electron chi connectivity index (χ4n) is 3.35. The highest BCUT2D eigenvalue weighted by molar-refractivity contribution is 6.12. The summed E-state index contributed by atoms with van der Waals surface area (Å²) in [5.41, 5.74) is 0.0663. The summed E-state index contributed by atoms with van der Waals surface area (Å²) in [6.45, 7) is -0.122. The van der Waals surface area contributed by atoms with Crippen molar-refractivity contribution >= 4 is 29.4 Å². The van der Waals surface area contributed by atoms with Crippen molar-refractivity contribution in [3.05, 3.63) is 41.5 Å². The van der Waals surface area contributed by atoms with E-state index in [9.17, 15) is 19.2 Å². The molecular formula is C27H26N2O9. The molecule has 198 valence electrons. The van der Waals surface area contributed by atoms with Gasteiger partial charge in [0.05, 0.1) is 46.3 Å². The summed E-state index contributed by atoms with van der Waals surface area (Å²) in [5.74, 6) is 1.46. The van der Waals surface area contributed by atoms with Crippen LogP contribution in [0.5, 0.6) is 23.0 Å². The monoisotopic (exact) mass is 522 g/mol. The predicted molar refractivity (Wildman–Crippen MR) is 136 cm³/mol. The van der Waals surface area contributed by atoms with Crippen LogP contribution in [0.15, 0.2) is 30.3 Å². The topological polar surface area (TPSA) is 130 Å². The van der Waals surface area contributed by atoms with Crippen LogP contribution in [0.1, 0.15) is 27.1 Å². The highest BCUT2D eigenvalue weighted by Crippen LogP contribution is 2.34. The standard InChI is InChI=1S/C27H26N2O9/c1-7-23(30)28-18-16-21(36-5)22(15-17(18)27(33)37-6)38-14-10-13-29(24(31)8-2)26(32)25-19(34-3)11-9-12-20(25)35-4/h1-2,9,11-12,15-16H,10,13-14H2,3-6H3,(H,28,30). The lowest BCUT2D eigenvalue weighted by molar-refractivity contribution is -0.122. The van der Waals surface area contributed by atoms with Crippen molar-refractivity contribution in [2.24, 2.45) is 0 Å². The van der Waals surface area contributed by atoms with Crippen LogP contribution in [0.4, 0.5) is 5.69 Å². The van der Waals surface area contributed by atoms with Gasteiger partial charge in [0.15, 0.2) is 11.5 Å². The molecular weight excluding hydrogens is 496 g/mol. The molecule has 0 aliphatic heterocycles. The molecule has 0 saturated carbocycles. The fraction of sp³-hybridized carbons (Fsp3) is 0.259. The molecule has 0 heterocycles. The number of benzene rings is 2. The van der Waals surface area contributed by atoms with E-state index >= 15 is 0 Å². The van der Waals surface area contributed by atoms with Gasteiger partial charge in [-0.1, -0.05) is 6.07 Å². The molecule has 38 heavy (non-hydrogen) atoms. The summed E-state index contributed by atoms with van der Waals surface area (Å²) >= 11 is 0. The first kappa shape index (κ1) is 29.1. The molecule has 0 aliphatic carbocycles. The van der Waals surface area contributed by atoms with Crippen LogP contribution < -0.4 is 24.3 Å². The summed E-state index contributed by atoms with van der Waals surface area (Å²) in [6.07, 6.45) is 10.5. The molecule has 0 radical (unpaired) electrons. The minimum Gasteiger partial charge on any atom is -0.496 e. The first-order chi connectivity index (χ1) is 18.3. The van der Waals surface area contributed by atoms with E-state index in [2.05, 4.69) is 5.32 Å². The summed E-state index contributed by atoms with van der Waals surface area (Å²) in [7, 11) is 5.29. The molecule has 0 aliphatic rings. The number of amides is 3. The minimum absolute atomic E-state index is 0.0161. The van der Waals surface area contributed by atoms with Gasteiger partial charge in [-0.3, -0.25) is 19.3 Å². The number of nitrogens with one attached hydrogen (secondary N) is 1. The molecule has 11 heteroatoms. The van der Waals surface area contributed by atoms with E-state index in [1.807, 2.05) is 11.8 Å². The second kappa shape index (κ2) is 13.8. The molecule has 2 aromatic carbocycles. The molecule has 0 fully saturated rings. The minimum atomic E-state index is -0.859. The normalized spacial score (nSPS) is 9.74. The Morgan fingerprint density at radius 1 is 0.895 bits per heavy atom. The largest absolute Gasteiger partial charge is 0.496 e. The van der Waals surface area contributed by atoms with Crippen LogP contribution in [0.3, 0.4) is 0 Å². The molecule has 0 bridgehead atoms. The van der Waals surface area contributed by atoms with Crippen LogP contribution in [-0.4, -0.2) is 70.2 Å².